The lowest BCUT2D eigenvalue weighted by Gasteiger charge is -2.29. The second kappa shape index (κ2) is 9.88. The minimum Gasteiger partial charge on any atom is -0.384 e. The van der Waals surface area contributed by atoms with Gasteiger partial charge in [0.15, 0.2) is 0 Å². The lowest BCUT2D eigenvalue weighted by molar-refractivity contribution is 0.350. The predicted octanol–water partition coefficient (Wildman–Crippen LogP) is 4.08. The van der Waals surface area contributed by atoms with Crippen LogP contribution in [-0.4, -0.2) is 50.3 Å². The SMILES string of the molecule is CCCCC1CN(c2ccccc2)c2cc(SC)c(C#CCO)cc2S(=O)(=O)N1C. The van der Waals surface area contributed by atoms with Gasteiger partial charge in [0, 0.05) is 35.8 Å². The van der Waals surface area contributed by atoms with Crippen LogP contribution in [0.15, 0.2) is 52.3 Å². The standard InChI is InChI=1S/C23H28N2O3S2/c1-4-5-11-20-17-25(19-12-7-6-8-13-19)21-16-22(29-3)18(10-9-14-26)15-23(21)30(27,28)24(20)2/h6-8,12-13,15-16,20,26H,4-5,11,14,17H2,1-3H3. The van der Waals surface area contributed by atoms with Crippen molar-refractivity contribution in [3.8, 4) is 11.8 Å². The minimum absolute atomic E-state index is 0.132. The van der Waals surface area contributed by atoms with Crippen molar-refractivity contribution in [3.63, 3.8) is 0 Å². The van der Waals surface area contributed by atoms with Gasteiger partial charge in [-0.05, 0) is 36.9 Å². The van der Waals surface area contributed by atoms with Crippen LogP contribution in [0.4, 0.5) is 11.4 Å². The highest BCUT2D eigenvalue weighted by molar-refractivity contribution is 7.98. The number of aliphatic hydroxyl groups excluding tert-OH is 1. The highest BCUT2D eigenvalue weighted by Gasteiger charge is 2.37. The normalized spacial score (nSPS) is 18.3. The Kier molecular flexibility index (Phi) is 7.48. The average molecular weight is 445 g/mol. The number of thioether (sulfide) groups is 1. The number of para-hydroxylation sites is 1. The van der Waals surface area contributed by atoms with Gasteiger partial charge in [0.2, 0.25) is 10.0 Å². The van der Waals surface area contributed by atoms with Gasteiger partial charge in [-0.2, -0.15) is 4.31 Å². The number of sulfonamides is 1. The minimum atomic E-state index is -3.70. The number of anilines is 2. The van der Waals surface area contributed by atoms with E-state index >= 15 is 0 Å². The summed E-state index contributed by atoms with van der Waals surface area (Å²) in [5, 5.41) is 9.11. The van der Waals surface area contributed by atoms with Crippen LogP contribution in [0.2, 0.25) is 0 Å². The zero-order valence-corrected chi connectivity index (χ0v) is 19.3. The molecule has 0 radical (unpaired) electrons. The maximum atomic E-state index is 13.6. The second-order valence-corrected chi connectivity index (χ2v) is 10.1. The number of likely N-dealkylation sites (N-methyl/N-ethyl adjacent to an activating group) is 1. The number of fused-ring (bicyclic) bond motifs is 1. The Hall–Kier alpha value is -1.98. The Morgan fingerprint density at radius 3 is 2.60 bits per heavy atom. The van der Waals surface area contributed by atoms with Crippen molar-refractivity contribution < 1.29 is 13.5 Å². The fourth-order valence-electron chi connectivity index (χ4n) is 3.71. The molecule has 160 valence electrons. The van der Waals surface area contributed by atoms with Gasteiger partial charge in [-0.25, -0.2) is 8.42 Å². The molecule has 2 aromatic rings. The second-order valence-electron chi connectivity index (χ2n) is 7.24. The molecule has 0 aromatic heterocycles. The van der Waals surface area contributed by atoms with E-state index in [1.807, 2.05) is 42.7 Å². The summed E-state index contributed by atoms with van der Waals surface area (Å²) in [6.45, 7) is 2.43. The summed E-state index contributed by atoms with van der Waals surface area (Å²) in [4.78, 5) is 3.26. The number of nitrogens with zero attached hydrogens (tertiary/aromatic N) is 2. The number of rotatable bonds is 5. The number of benzene rings is 2. The first kappa shape index (κ1) is 22.7. The van der Waals surface area contributed by atoms with E-state index in [-0.39, 0.29) is 17.5 Å². The largest absolute Gasteiger partial charge is 0.384 e. The molecule has 1 atom stereocenters. The van der Waals surface area contributed by atoms with E-state index in [0.29, 0.717) is 17.8 Å². The van der Waals surface area contributed by atoms with E-state index in [4.69, 9.17) is 5.11 Å². The molecule has 30 heavy (non-hydrogen) atoms. The van der Waals surface area contributed by atoms with E-state index < -0.39 is 10.0 Å². The van der Waals surface area contributed by atoms with Gasteiger partial charge in [-0.3, -0.25) is 0 Å². The van der Waals surface area contributed by atoms with Gasteiger partial charge in [-0.1, -0.05) is 49.8 Å². The molecule has 1 aliphatic heterocycles. The number of aliphatic hydroxyl groups is 1. The molecule has 0 spiro atoms. The Morgan fingerprint density at radius 2 is 1.97 bits per heavy atom. The van der Waals surface area contributed by atoms with Crippen LogP contribution < -0.4 is 4.90 Å². The van der Waals surface area contributed by atoms with Gasteiger partial charge < -0.3 is 10.0 Å². The van der Waals surface area contributed by atoms with Crippen LogP contribution in [-0.2, 0) is 10.0 Å². The Morgan fingerprint density at radius 1 is 1.23 bits per heavy atom. The summed E-state index contributed by atoms with van der Waals surface area (Å²) in [5.41, 5.74) is 2.25. The molecular weight excluding hydrogens is 416 g/mol. The topological polar surface area (TPSA) is 60.9 Å². The lowest BCUT2D eigenvalue weighted by Crippen LogP contribution is -2.40. The van der Waals surface area contributed by atoms with Crippen LogP contribution in [0.1, 0.15) is 31.7 Å². The zero-order valence-electron chi connectivity index (χ0n) is 17.6. The van der Waals surface area contributed by atoms with Gasteiger partial charge in [0.05, 0.1) is 5.69 Å². The molecule has 5 nitrogen and oxygen atoms in total. The third-order valence-corrected chi connectivity index (χ3v) is 8.11. The van der Waals surface area contributed by atoms with Gasteiger partial charge >= 0.3 is 0 Å². The molecule has 1 aliphatic rings. The maximum absolute atomic E-state index is 13.6. The highest BCUT2D eigenvalue weighted by Crippen LogP contribution is 2.40. The molecule has 0 fully saturated rings. The summed E-state index contributed by atoms with van der Waals surface area (Å²) in [7, 11) is -2.02. The van der Waals surface area contributed by atoms with Crippen molar-refractivity contribution in [2.75, 3.05) is 31.4 Å². The number of unbranched alkanes of at least 4 members (excludes halogenated alkanes) is 1. The van der Waals surface area contributed by atoms with E-state index in [1.165, 1.54) is 16.1 Å². The number of hydrogen-bond acceptors (Lipinski definition) is 5. The van der Waals surface area contributed by atoms with Crippen LogP contribution in [0, 0.1) is 11.8 Å². The molecule has 7 heteroatoms. The molecule has 0 saturated heterocycles. The van der Waals surface area contributed by atoms with Crippen LogP contribution >= 0.6 is 11.8 Å². The molecule has 3 rings (SSSR count). The quantitative estimate of drug-likeness (QED) is 0.556. The third-order valence-electron chi connectivity index (χ3n) is 5.40. The van der Waals surface area contributed by atoms with Crippen molar-refractivity contribution in [2.24, 2.45) is 0 Å². The zero-order chi connectivity index (χ0) is 21.7. The predicted molar refractivity (Wildman–Crippen MR) is 124 cm³/mol. The summed E-state index contributed by atoms with van der Waals surface area (Å²) >= 11 is 1.52. The molecular formula is C23H28N2O3S2. The summed E-state index contributed by atoms with van der Waals surface area (Å²) in [6, 6.07) is 13.4. The average Bonchev–Trinajstić information content (AvgIpc) is 2.84. The summed E-state index contributed by atoms with van der Waals surface area (Å²) in [6.07, 6.45) is 4.73. The Bertz CT molecular complexity index is 1040. The molecule has 0 saturated carbocycles. The maximum Gasteiger partial charge on any atom is 0.245 e. The van der Waals surface area contributed by atoms with Crippen molar-refractivity contribution >= 4 is 33.2 Å². The molecule has 0 bridgehead atoms. The van der Waals surface area contributed by atoms with Crippen molar-refractivity contribution in [1.82, 2.24) is 4.31 Å². The Balaban J connectivity index is 2.26. The molecule has 0 aliphatic carbocycles. The summed E-state index contributed by atoms with van der Waals surface area (Å²) in [5.74, 6) is 5.56. The monoisotopic (exact) mass is 444 g/mol. The Labute approximate surface area is 184 Å². The fraction of sp³-hybridized carbons (Fsp3) is 0.391. The van der Waals surface area contributed by atoms with E-state index in [2.05, 4.69) is 23.7 Å². The van der Waals surface area contributed by atoms with Crippen molar-refractivity contribution in [1.29, 1.82) is 0 Å². The van der Waals surface area contributed by atoms with Gasteiger partial charge in [0.25, 0.3) is 0 Å². The highest BCUT2D eigenvalue weighted by atomic mass is 32.2. The van der Waals surface area contributed by atoms with Crippen molar-refractivity contribution in [2.45, 2.75) is 42.0 Å². The number of hydrogen-bond donors (Lipinski definition) is 1. The molecule has 1 heterocycles. The molecule has 1 unspecified atom stereocenters. The summed E-state index contributed by atoms with van der Waals surface area (Å²) < 4.78 is 28.7. The fourth-order valence-corrected chi connectivity index (χ4v) is 5.84. The first-order valence-corrected chi connectivity index (χ1v) is 12.7. The van der Waals surface area contributed by atoms with Gasteiger partial charge in [-0.15, -0.1) is 11.8 Å². The van der Waals surface area contributed by atoms with E-state index in [0.717, 1.165) is 29.8 Å². The van der Waals surface area contributed by atoms with Crippen LogP contribution in [0.5, 0.6) is 0 Å². The first-order valence-electron chi connectivity index (χ1n) is 10.1. The lowest BCUT2D eigenvalue weighted by atomic mass is 10.1. The molecule has 1 N–H and O–H groups in total. The third kappa shape index (κ3) is 4.52. The van der Waals surface area contributed by atoms with E-state index in [1.54, 1.807) is 13.1 Å². The molecule has 2 aromatic carbocycles. The van der Waals surface area contributed by atoms with Crippen LogP contribution in [0.25, 0.3) is 0 Å². The van der Waals surface area contributed by atoms with Crippen molar-refractivity contribution in [3.05, 3.63) is 48.0 Å². The molecule has 0 amide bonds. The van der Waals surface area contributed by atoms with E-state index in [9.17, 15) is 8.42 Å². The van der Waals surface area contributed by atoms with Gasteiger partial charge in [0.1, 0.15) is 11.5 Å². The first-order chi connectivity index (χ1) is 14.4. The smallest absolute Gasteiger partial charge is 0.245 e. The van der Waals surface area contributed by atoms with Crippen LogP contribution in [0.3, 0.4) is 0 Å².